The molecule has 0 saturated carbocycles. The Morgan fingerprint density at radius 1 is 0.400 bits per heavy atom. The highest BCUT2D eigenvalue weighted by Crippen LogP contribution is 2.10. The molecule has 0 rings (SSSR count). The van der Waals surface area contributed by atoms with E-state index in [4.69, 9.17) is 22.9 Å². The Kier molecular flexibility index (Phi) is 31.8. The van der Waals surface area contributed by atoms with Crippen LogP contribution in [0, 0.1) is 5.92 Å². The molecule has 11 amide bonds. The van der Waals surface area contributed by atoms with Gasteiger partial charge in [0.05, 0.1) is 25.9 Å². The second-order valence-corrected chi connectivity index (χ2v) is 18.1. The Labute approximate surface area is 454 Å². The van der Waals surface area contributed by atoms with Crippen LogP contribution in [0.4, 0.5) is 0 Å². The summed E-state index contributed by atoms with van der Waals surface area (Å²) in [6, 6.07) is -17.1. The summed E-state index contributed by atoms with van der Waals surface area (Å²) in [5.74, 6) is -22.7. The number of nitrogens with two attached hydrogens (primary N) is 4. The molecule has 0 aromatic heterocycles. The molecule has 9 atom stereocenters. The van der Waals surface area contributed by atoms with Crippen LogP contribution in [0.5, 0.6) is 0 Å². The number of amides is 11. The van der Waals surface area contributed by atoms with E-state index in [-0.39, 0.29) is 25.3 Å². The van der Waals surface area contributed by atoms with Gasteiger partial charge >= 0.3 is 29.8 Å². The van der Waals surface area contributed by atoms with E-state index in [1.807, 2.05) is 16.0 Å². The Morgan fingerprint density at radius 2 is 0.700 bits per heavy atom. The Bertz CT molecular complexity index is 2330. The maximum Gasteiger partial charge on any atom is 0.305 e. The standard InChI is InChI=1S/C44H70N14O22/c1-18(2)13-24(35(46)72)55-38(75)22(7-10-31(64)65)52-37(74)21(6-9-30(62)63)53-41(78)26(15-33(68)69)57-36(73)20(5-4-12-49-44(47)48)51-40(77)25(14-29(45)61)56-42(79)27(16-34(70)71)58-39(76)23(8-11-32(66)67)54-43(80)28(17-59)50-19(3)60/h18,20-28,59H,4-17H2,1-3H3,(H2,45,61)(H2,46,72)(H,50,60)(H,51,77)(H,52,74)(H,53,78)(H,54,80)(H,55,75)(H,56,79)(H,57,73)(H,58,76)(H,62,63)(H,64,65)(H,66,67)(H,68,69)(H,70,71)(H4,47,48,49)/t20-,21-,22-,23-,24-,25-,26-,27-,28-/m1/s1. The number of aliphatic carboxylic acids is 5. The van der Waals surface area contributed by atoms with Crippen molar-refractivity contribution in [2.75, 3.05) is 13.2 Å². The molecule has 80 heavy (non-hydrogen) atoms. The molecule has 0 fully saturated rings. The number of aliphatic imine (C=N–C) groups is 1. The van der Waals surface area contributed by atoms with Gasteiger partial charge < -0.3 is 101 Å². The van der Waals surface area contributed by atoms with Crippen LogP contribution in [0.1, 0.15) is 97.8 Å². The second kappa shape index (κ2) is 36.0. The van der Waals surface area contributed by atoms with Gasteiger partial charge in [-0.15, -0.1) is 0 Å². The van der Waals surface area contributed by atoms with E-state index >= 15 is 0 Å². The third-order valence-corrected chi connectivity index (χ3v) is 10.7. The number of hydrogen-bond acceptors (Lipinski definition) is 18. The zero-order valence-corrected chi connectivity index (χ0v) is 43.6. The molecule has 36 heteroatoms. The molecule has 0 unspecified atom stereocenters. The zero-order valence-electron chi connectivity index (χ0n) is 43.6. The first kappa shape index (κ1) is 70.8. The number of guanidine groups is 1. The molecule has 0 aliphatic carbocycles. The van der Waals surface area contributed by atoms with E-state index in [0.717, 1.165) is 6.92 Å². The number of carbonyl (C=O) groups excluding carboxylic acids is 11. The van der Waals surface area contributed by atoms with E-state index in [1.54, 1.807) is 13.8 Å². The smallest absolute Gasteiger partial charge is 0.305 e. The van der Waals surface area contributed by atoms with Crippen molar-refractivity contribution in [3.05, 3.63) is 0 Å². The van der Waals surface area contributed by atoms with Crippen molar-refractivity contribution < 1.29 is 107 Å². The van der Waals surface area contributed by atoms with E-state index < -0.39 is 226 Å². The lowest BCUT2D eigenvalue weighted by Gasteiger charge is -2.27. The second-order valence-electron chi connectivity index (χ2n) is 18.1. The zero-order chi connectivity index (χ0) is 61.6. The highest BCUT2D eigenvalue weighted by Gasteiger charge is 2.37. The van der Waals surface area contributed by atoms with Crippen molar-refractivity contribution in [1.29, 1.82) is 0 Å². The molecule has 0 spiro atoms. The highest BCUT2D eigenvalue weighted by molar-refractivity contribution is 6.00. The van der Waals surface area contributed by atoms with Crippen LogP contribution in [0.3, 0.4) is 0 Å². The van der Waals surface area contributed by atoms with Gasteiger partial charge in [-0.1, -0.05) is 13.8 Å². The first-order valence-corrected chi connectivity index (χ1v) is 24.2. The summed E-state index contributed by atoms with van der Waals surface area (Å²) in [4.78, 5) is 207. The summed E-state index contributed by atoms with van der Waals surface area (Å²) in [6.07, 6.45) is -8.93. The maximum absolute atomic E-state index is 14.0. The van der Waals surface area contributed by atoms with Crippen molar-refractivity contribution in [3.8, 4) is 0 Å². The van der Waals surface area contributed by atoms with Gasteiger partial charge in [-0.25, -0.2) is 0 Å². The topological polar surface area (TPSA) is 619 Å². The predicted molar refractivity (Wildman–Crippen MR) is 268 cm³/mol. The predicted octanol–water partition coefficient (Wildman–Crippen LogP) is -8.63. The van der Waals surface area contributed by atoms with Crippen LogP contribution in [0.2, 0.25) is 0 Å². The van der Waals surface area contributed by atoms with E-state index in [0.29, 0.717) is 0 Å². The van der Waals surface area contributed by atoms with Crippen LogP contribution in [0.25, 0.3) is 0 Å². The molecule has 448 valence electrons. The maximum atomic E-state index is 14.0. The van der Waals surface area contributed by atoms with Crippen LogP contribution < -0.4 is 70.8 Å². The van der Waals surface area contributed by atoms with Crippen molar-refractivity contribution >= 4 is 101 Å². The summed E-state index contributed by atoms with van der Waals surface area (Å²) in [5, 5.41) is 75.7. The summed E-state index contributed by atoms with van der Waals surface area (Å²) in [7, 11) is 0. The fraction of sp³-hybridized carbons (Fsp3) is 0.614. The van der Waals surface area contributed by atoms with Crippen LogP contribution in [0.15, 0.2) is 4.99 Å². The van der Waals surface area contributed by atoms with Gasteiger partial charge in [0.1, 0.15) is 54.4 Å². The van der Waals surface area contributed by atoms with E-state index in [9.17, 15) is 107 Å². The van der Waals surface area contributed by atoms with Gasteiger partial charge in [0, 0.05) is 32.7 Å². The lowest BCUT2D eigenvalue weighted by Crippen LogP contribution is -2.61. The SMILES string of the molecule is CC(=O)N[C@H](CO)C(=O)N[C@H](CCC(=O)O)C(=O)N[C@H](CC(=O)O)C(=O)N[C@H](CC(N)=O)C(=O)N[C@H](CCCN=C(N)N)C(=O)N[C@H](CC(=O)O)C(=O)N[C@H](CCC(=O)O)C(=O)N[C@H](CCC(=O)O)C(=O)N[C@H](CC(C)C)C(N)=O. The average Bonchev–Trinajstić information content (AvgIpc) is 3.33. The molecule has 0 heterocycles. The van der Waals surface area contributed by atoms with Gasteiger partial charge in [0.2, 0.25) is 65.0 Å². The van der Waals surface area contributed by atoms with Crippen molar-refractivity contribution in [1.82, 2.24) is 47.9 Å². The number of rotatable bonds is 40. The summed E-state index contributed by atoms with van der Waals surface area (Å²) in [6.45, 7) is 3.08. The van der Waals surface area contributed by atoms with Gasteiger partial charge in [-0.2, -0.15) is 0 Å². The third kappa shape index (κ3) is 29.9. The van der Waals surface area contributed by atoms with Gasteiger partial charge in [0.15, 0.2) is 5.96 Å². The normalized spacial score (nSPS) is 14.1. The Morgan fingerprint density at radius 3 is 0.975 bits per heavy atom. The quantitative estimate of drug-likeness (QED) is 0.0154. The van der Waals surface area contributed by atoms with Crippen molar-refractivity contribution in [2.45, 2.75) is 152 Å². The lowest BCUT2D eigenvalue weighted by molar-refractivity contribution is -0.143. The number of primary amides is 2. The van der Waals surface area contributed by atoms with E-state index in [2.05, 4.69) is 36.9 Å². The number of hydrogen-bond donors (Lipinski definition) is 19. The number of aliphatic hydroxyl groups excluding tert-OH is 1. The minimum absolute atomic E-state index is 0.0135. The molecule has 0 aliphatic heterocycles. The minimum atomic E-state index is -2.21. The summed E-state index contributed by atoms with van der Waals surface area (Å²) >= 11 is 0. The summed E-state index contributed by atoms with van der Waals surface area (Å²) in [5.41, 5.74) is 21.5. The average molecular weight is 1150 g/mol. The van der Waals surface area contributed by atoms with Gasteiger partial charge in [0.25, 0.3) is 0 Å². The van der Waals surface area contributed by atoms with Crippen LogP contribution in [-0.2, 0) is 76.7 Å². The van der Waals surface area contributed by atoms with Gasteiger partial charge in [-0.05, 0) is 44.4 Å². The molecule has 0 aromatic rings. The fourth-order valence-corrected chi connectivity index (χ4v) is 6.90. The Balaban J connectivity index is 7.07. The van der Waals surface area contributed by atoms with Crippen LogP contribution >= 0.6 is 0 Å². The Hall–Kier alpha value is -9.25. The molecule has 0 bridgehead atoms. The molecule has 36 nitrogen and oxygen atoms in total. The highest BCUT2D eigenvalue weighted by atomic mass is 16.4. The van der Waals surface area contributed by atoms with Crippen molar-refractivity contribution in [2.24, 2.45) is 33.8 Å². The van der Waals surface area contributed by atoms with Gasteiger partial charge in [-0.3, -0.25) is 81.7 Å². The molecule has 0 radical (unpaired) electrons. The number of carbonyl (C=O) groups is 16. The lowest BCUT2D eigenvalue weighted by atomic mass is 10.0. The largest absolute Gasteiger partial charge is 0.481 e. The first-order chi connectivity index (χ1) is 37.2. The van der Waals surface area contributed by atoms with E-state index in [1.165, 1.54) is 0 Å². The first-order valence-electron chi connectivity index (χ1n) is 24.2. The molecule has 0 saturated heterocycles. The third-order valence-electron chi connectivity index (χ3n) is 10.7. The fourth-order valence-electron chi connectivity index (χ4n) is 6.90. The number of nitrogens with one attached hydrogen (secondary N) is 9. The molecular weight excluding hydrogens is 1080 g/mol. The molecule has 0 aromatic carbocycles. The number of carboxylic acids is 5. The van der Waals surface area contributed by atoms with Crippen LogP contribution in [-0.4, -0.2) is 199 Å². The van der Waals surface area contributed by atoms with Crippen molar-refractivity contribution in [3.63, 3.8) is 0 Å². The number of carboxylic acid groups (broad SMARTS) is 5. The molecule has 23 N–H and O–H groups in total. The monoisotopic (exact) mass is 1150 g/mol. The molecule has 0 aliphatic rings. The number of nitrogens with zero attached hydrogens (tertiary/aromatic N) is 1. The summed E-state index contributed by atoms with van der Waals surface area (Å²) < 4.78 is 0. The molecular formula is C44H70N14O22. The minimum Gasteiger partial charge on any atom is -0.481 e. The number of aliphatic hydroxyl groups is 1.